The van der Waals surface area contributed by atoms with Gasteiger partial charge in [0.15, 0.2) is 0 Å². The van der Waals surface area contributed by atoms with Crippen LogP contribution < -0.4 is 10.6 Å². The molecule has 0 saturated heterocycles. The molecule has 8 nitrogen and oxygen atoms in total. The summed E-state index contributed by atoms with van der Waals surface area (Å²) in [6.07, 6.45) is -1.29. The van der Waals surface area contributed by atoms with Gasteiger partial charge in [0.2, 0.25) is 0 Å². The van der Waals surface area contributed by atoms with Gasteiger partial charge in [-0.05, 0) is 40.2 Å². The van der Waals surface area contributed by atoms with Gasteiger partial charge in [0.25, 0.3) is 0 Å². The highest BCUT2D eigenvalue weighted by atomic mass is 16.6. The summed E-state index contributed by atoms with van der Waals surface area (Å²) in [6, 6.07) is 8.16. The average molecular weight is 394 g/mol. The Morgan fingerprint density at radius 2 is 1.61 bits per heavy atom. The van der Waals surface area contributed by atoms with Crippen molar-refractivity contribution in [2.45, 2.75) is 64.8 Å². The Labute approximate surface area is 165 Å². The molecule has 0 spiro atoms. The number of esters is 1. The van der Waals surface area contributed by atoms with E-state index in [4.69, 9.17) is 14.2 Å². The van der Waals surface area contributed by atoms with Crippen LogP contribution in [0.2, 0.25) is 0 Å². The topological polar surface area (TPSA) is 103 Å². The number of ether oxygens (including phenoxy) is 3. The molecule has 2 N–H and O–H groups in total. The summed E-state index contributed by atoms with van der Waals surface area (Å²) in [6.45, 7) is 8.75. The molecule has 0 aromatic heterocycles. The standard InChI is InChI=1S/C20H30N2O6/c1-19(2,3)28-18(25)22-20(4,5)12-15(16(23)26-6)21-17(24)27-13-14-10-8-7-9-11-14/h7-11,15H,12-13H2,1-6H3,(H,21,24)(H,22,25). The van der Waals surface area contributed by atoms with E-state index >= 15 is 0 Å². The van der Waals surface area contributed by atoms with Gasteiger partial charge in [0, 0.05) is 12.0 Å². The van der Waals surface area contributed by atoms with Gasteiger partial charge in [-0.15, -0.1) is 0 Å². The van der Waals surface area contributed by atoms with Gasteiger partial charge in [0.05, 0.1) is 7.11 Å². The minimum atomic E-state index is -1.00. The number of rotatable bonds is 7. The molecule has 28 heavy (non-hydrogen) atoms. The quantitative estimate of drug-likeness (QED) is 0.544. The van der Waals surface area contributed by atoms with Crippen LogP contribution in [-0.2, 0) is 25.6 Å². The summed E-state index contributed by atoms with van der Waals surface area (Å²) in [7, 11) is 1.22. The van der Waals surface area contributed by atoms with E-state index in [9.17, 15) is 14.4 Å². The summed E-state index contributed by atoms with van der Waals surface area (Å²) >= 11 is 0. The Morgan fingerprint density at radius 1 is 1.00 bits per heavy atom. The Kier molecular flexibility index (Phi) is 8.28. The maximum atomic E-state index is 12.1. The first-order valence-corrected chi connectivity index (χ1v) is 8.98. The number of carbonyl (C=O) groups is 3. The van der Waals surface area contributed by atoms with Gasteiger partial charge in [-0.2, -0.15) is 0 Å². The van der Waals surface area contributed by atoms with Crippen molar-refractivity contribution < 1.29 is 28.6 Å². The fourth-order valence-electron chi connectivity index (χ4n) is 2.38. The Bertz CT molecular complexity index is 667. The lowest BCUT2D eigenvalue weighted by molar-refractivity contribution is -0.143. The van der Waals surface area contributed by atoms with Gasteiger partial charge in [-0.25, -0.2) is 14.4 Å². The summed E-state index contributed by atoms with van der Waals surface area (Å²) in [5, 5.41) is 5.18. The van der Waals surface area contributed by atoms with E-state index in [1.807, 2.05) is 30.3 Å². The first-order chi connectivity index (χ1) is 12.9. The predicted molar refractivity (Wildman–Crippen MR) is 104 cm³/mol. The molecule has 0 heterocycles. The van der Waals surface area contributed by atoms with Crippen molar-refractivity contribution in [1.29, 1.82) is 0 Å². The summed E-state index contributed by atoms with van der Waals surface area (Å²) in [4.78, 5) is 36.2. The molecule has 1 unspecified atom stereocenters. The van der Waals surface area contributed by atoms with Gasteiger partial charge < -0.3 is 24.8 Å². The Balaban J connectivity index is 2.67. The molecule has 1 rings (SSSR count). The largest absolute Gasteiger partial charge is 0.467 e. The van der Waals surface area contributed by atoms with E-state index < -0.39 is 35.3 Å². The number of methoxy groups -OCH3 is 1. The number of hydrogen-bond acceptors (Lipinski definition) is 6. The Morgan fingerprint density at radius 3 is 2.14 bits per heavy atom. The molecule has 1 atom stereocenters. The molecule has 156 valence electrons. The monoisotopic (exact) mass is 394 g/mol. The molecule has 0 aliphatic carbocycles. The SMILES string of the molecule is COC(=O)C(CC(C)(C)NC(=O)OC(C)(C)C)NC(=O)OCc1ccccc1. The third kappa shape index (κ3) is 9.25. The molecule has 1 aromatic carbocycles. The second-order valence-corrected chi connectivity index (χ2v) is 8.00. The molecular formula is C20H30N2O6. The van der Waals surface area contributed by atoms with Crippen LogP contribution in [0.4, 0.5) is 9.59 Å². The maximum absolute atomic E-state index is 12.1. The smallest absolute Gasteiger partial charge is 0.408 e. The molecule has 0 bridgehead atoms. The highest BCUT2D eigenvalue weighted by molar-refractivity contribution is 5.81. The molecule has 0 fully saturated rings. The van der Waals surface area contributed by atoms with E-state index in [0.717, 1.165) is 5.56 Å². The highest BCUT2D eigenvalue weighted by Crippen LogP contribution is 2.15. The number of hydrogen-bond donors (Lipinski definition) is 2. The number of carbonyl (C=O) groups excluding carboxylic acids is 3. The van der Waals surface area contributed by atoms with E-state index in [1.54, 1.807) is 34.6 Å². The van der Waals surface area contributed by atoms with E-state index in [1.165, 1.54) is 7.11 Å². The Hall–Kier alpha value is -2.77. The van der Waals surface area contributed by atoms with Crippen molar-refractivity contribution in [3.63, 3.8) is 0 Å². The lowest BCUT2D eigenvalue weighted by atomic mass is 9.95. The van der Waals surface area contributed by atoms with Crippen molar-refractivity contribution in [2.24, 2.45) is 0 Å². The van der Waals surface area contributed by atoms with Crippen molar-refractivity contribution in [3.05, 3.63) is 35.9 Å². The lowest BCUT2D eigenvalue weighted by Gasteiger charge is -2.31. The first-order valence-electron chi connectivity index (χ1n) is 8.98. The van der Waals surface area contributed by atoms with E-state index in [0.29, 0.717) is 0 Å². The van der Waals surface area contributed by atoms with Crippen LogP contribution >= 0.6 is 0 Å². The zero-order valence-corrected chi connectivity index (χ0v) is 17.3. The number of alkyl carbamates (subject to hydrolysis) is 2. The fourth-order valence-corrected chi connectivity index (χ4v) is 2.38. The zero-order valence-electron chi connectivity index (χ0n) is 17.3. The zero-order chi connectivity index (χ0) is 21.4. The van der Waals surface area contributed by atoms with Crippen LogP contribution in [0.5, 0.6) is 0 Å². The molecule has 8 heteroatoms. The van der Waals surface area contributed by atoms with Gasteiger partial charge >= 0.3 is 18.2 Å². The van der Waals surface area contributed by atoms with Crippen LogP contribution in [0.25, 0.3) is 0 Å². The molecule has 0 saturated carbocycles. The molecule has 1 aromatic rings. The third-order valence-electron chi connectivity index (χ3n) is 3.54. The predicted octanol–water partition coefficient (Wildman–Crippen LogP) is 3.15. The van der Waals surface area contributed by atoms with Crippen molar-refractivity contribution in [1.82, 2.24) is 10.6 Å². The minimum absolute atomic E-state index is 0.0696. The summed E-state index contributed by atoms with van der Waals surface area (Å²) < 4.78 is 15.1. The van der Waals surface area contributed by atoms with Gasteiger partial charge in [-0.3, -0.25) is 0 Å². The normalized spacial score (nSPS) is 12.5. The first kappa shape index (κ1) is 23.3. The third-order valence-corrected chi connectivity index (χ3v) is 3.54. The molecule has 2 amide bonds. The van der Waals surface area contributed by atoms with Gasteiger partial charge in [-0.1, -0.05) is 30.3 Å². The molecule has 0 aliphatic rings. The second kappa shape index (κ2) is 9.96. The molecule has 0 aliphatic heterocycles. The van der Waals surface area contributed by atoms with Crippen molar-refractivity contribution in [2.75, 3.05) is 7.11 Å². The van der Waals surface area contributed by atoms with Crippen LogP contribution in [0, 0.1) is 0 Å². The highest BCUT2D eigenvalue weighted by Gasteiger charge is 2.32. The maximum Gasteiger partial charge on any atom is 0.408 e. The van der Waals surface area contributed by atoms with Crippen LogP contribution in [0.1, 0.15) is 46.6 Å². The van der Waals surface area contributed by atoms with Gasteiger partial charge in [0.1, 0.15) is 18.2 Å². The second-order valence-electron chi connectivity index (χ2n) is 8.00. The van der Waals surface area contributed by atoms with Crippen molar-refractivity contribution in [3.8, 4) is 0 Å². The van der Waals surface area contributed by atoms with E-state index in [2.05, 4.69) is 10.6 Å². The molecular weight excluding hydrogens is 364 g/mol. The molecule has 0 radical (unpaired) electrons. The summed E-state index contributed by atoms with van der Waals surface area (Å²) in [5.74, 6) is -0.643. The number of nitrogens with one attached hydrogen (secondary N) is 2. The lowest BCUT2D eigenvalue weighted by Crippen LogP contribution is -2.52. The number of benzene rings is 1. The fraction of sp³-hybridized carbons (Fsp3) is 0.550. The average Bonchev–Trinajstić information content (AvgIpc) is 2.57. The van der Waals surface area contributed by atoms with Crippen molar-refractivity contribution >= 4 is 18.2 Å². The van der Waals surface area contributed by atoms with Crippen LogP contribution in [-0.4, -0.2) is 42.4 Å². The number of amides is 2. The van der Waals surface area contributed by atoms with Crippen LogP contribution in [0.3, 0.4) is 0 Å². The minimum Gasteiger partial charge on any atom is -0.467 e. The van der Waals surface area contributed by atoms with E-state index in [-0.39, 0.29) is 13.0 Å². The van der Waals surface area contributed by atoms with Crippen LogP contribution in [0.15, 0.2) is 30.3 Å². The summed E-state index contributed by atoms with van der Waals surface area (Å²) in [5.41, 5.74) is -0.686.